The summed E-state index contributed by atoms with van der Waals surface area (Å²) in [7, 11) is 3.15. The number of hydrogen-bond donors (Lipinski definition) is 1. The summed E-state index contributed by atoms with van der Waals surface area (Å²) >= 11 is 1.33. The van der Waals surface area contributed by atoms with E-state index in [4.69, 9.17) is 14.0 Å². The van der Waals surface area contributed by atoms with Crippen LogP contribution in [-0.4, -0.2) is 44.2 Å². The summed E-state index contributed by atoms with van der Waals surface area (Å²) in [6, 6.07) is 15.3. The Morgan fingerprint density at radius 1 is 1.03 bits per heavy atom. The molecule has 0 amide bonds. The molecule has 5 rings (SSSR count). The second kappa shape index (κ2) is 9.63. The summed E-state index contributed by atoms with van der Waals surface area (Å²) in [6.07, 6.45) is 0.958. The maximum atomic E-state index is 12.4. The van der Waals surface area contributed by atoms with Gasteiger partial charge in [-0.25, -0.2) is 9.61 Å². The van der Waals surface area contributed by atoms with Gasteiger partial charge in [-0.3, -0.25) is 4.79 Å². The lowest BCUT2D eigenvalue weighted by Crippen LogP contribution is -2.13. The van der Waals surface area contributed by atoms with Crippen molar-refractivity contribution in [1.82, 2.24) is 30.0 Å². The normalized spacial score (nSPS) is 11.2. The molecule has 0 saturated carbocycles. The minimum Gasteiger partial charge on any atom is -0.493 e. The molecule has 35 heavy (non-hydrogen) atoms. The minimum absolute atomic E-state index is 0.313. The van der Waals surface area contributed by atoms with Gasteiger partial charge in [0.05, 0.1) is 25.7 Å². The van der Waals surface area contributed by atoms with E-state index in [1.165, 1.54) is 21.8 Å². The van der Waals surface area contributed by atoms with Gasteiger partial charge < -0.3 is 14.0 Å². The number of H-pyrrole nitrogens is 1. The van der Waals surface area contributed by atoms with Gasteiger partial charge in [-0.15, -0.1) is 5.10 Å². The highest BCUT2D eigenvalue weighted by Gasteiger charge is 2.16. The number of rotatable bonds is 8. The Hall–Kier alpha value is -4.12. The summed E-state index contributed by atoms with van der Waals surface area (Å²) < 4.78 is 17.6. The monoisotopic (exact) mass is 490 g/mol. The number of thioether (sulfide) groups is 1. The van der Waals surface area contributed by atoms with Crippen molar-refractivity contribution in [2.24, 2.45) is 0 Å². The number of hydrogen-bond acceptors (Lipinski definition) is 9. The fourth-order valence-electron chi connectivity index (χ4n) is 3.57. The standard InChI is InChI=1S/C24H22N6O4S/c1-4-14-5-7-15(8-6-14)17-12-18-23(31)26-27-24(30(18)28-17)35-13-21-25-22(29-34-21)16-9-10-19(32-2)20(11-16)33-3/h5-12H,4,13H2,1-3H3,(H,26,31). The van der Waals surface area contributed by atoms with Crippen molar-refractivity contribution in [3.63, 3.8) is 0 Å². The topological polar surface area (TPSA) is 120 Å². The van der Waals surface area contributed by atoms with E-state index in [2.05, 4.69) is 44.5 Å². The van der Waals surface area contributed by atoms with Crippen LogP contribution in [0.25, 0.3) is 28.2 Å². The van der Waals surface area contributed by atoms with Gasteiger partial charge in [0, 0.05) is 11.1 Å². The lowest BCUT2D eigenvalue weighted by atomic mass is 10.1. The highest BCUT2D eigenvalue weighted by molar-refractivity contribution is 7.98. The van der Waals surface area contributed by atoms with E-state index in [-0.39, 0.29) is 5.56 Å². The van der Waals surface area contributed by atoms with Crippen molar-refractivity contribution in [3.8, 4) is 34.1 Å². The second-order valence-electron chi connectivity index (χ2n) is 7.58. The van der Waals surface area contributed by atoms with Gasteiger partial charge in [0.25, 0.3) is 5.56 Å². The van der Waals surface area contributed by atoms with Crippen LogP contribution < -0.4 is 15.0 Å². The van der Waals surface area contributed by atoms with E-state index >= 15 is 0 Å². The summed E-state index contributed by atoms with van der Waals surface area (Å²) in [4.78, 5) is 16.8. The van der Waals surface area contributed by atoms with Crippen molar-refractivity contribution >= 4 is 17.3 Å². The number of ether oxygens (including phenoxy) is 2. The third kappa shape index (κ3) is 4.50. The first-order valence-corrected chi connectivity index (χ1v) is 11.8. The van der Waals surface area contributed by atoms with E-state index < -0.39 is 0 Å². The number of nitrogens with zero attached hydrogens (tertiary/aromatic N) is 5. The van der Waals surface area contributed by atoms with Gasteiger partial charge in [0.1, 0.15) is 5.52 Å². The summed E-state index contributed by atoms with van der Waals surface area (Å²) in [5, 5.41) is 15.9. The average molecular weight is 491 g/mol. The first kappa shape index (κ1) is 22.7. The third-order valence-electron chi connectivity index (χ3n) is 5.47. The summed E-state index contributed by atoms with van der Waals surface area (Å²) in [5.41, 5.74) is 3.69. The van der Waals surface area contributed by atoms with Crippen molar-refractivity contribution in [2.45, 2.75) is 24.3 Å². The number of aromatic nitrogens is 6. The molecule has 0 fully saturated rings. The predicted octanol–water partition coefficient (Wildman–Crippen LogP) is 4.01. The van der Waals surface area contributed by atoms with Crippen LogP contribution in [0.3, 0.4) is 0 Å². The largest absolute Gasteiger partial charge is 0.493 e. The Balaban J connectivity index is 1.38. The van der Waals surface area contributed by atoms with E-state index in [0.717, 1.165) is 17.5 Å². The summed E-state index contributed by atoms with van der Waals surface area (Å²) in [6.45, 7) is 2.11. The van der Waals surface area contributed by atoms with E-state index in [9.17, 15) is 4.79 Å². The van der Waals surface area contributed by atoms with Crippen LogP contribution >= 0.6 is 11.8 Å². The van der Waals surface area contributed by atoms with Crippen LogP contribution in [0.4, 0.5) is 0 Å². The average Bonchev–Trinajstić information content (AvgIpc) is 3.56. The second-order valence-corrected chi connectivity index (χ2v) is 8.53. The molecule has 0 spiro atoms. The van der Waals surface area contributed by atoms with Crippen LogP contribution in [0.15, 0.2) is 63.0 Å². The number of methoxy groups -OCH3 is 2. The van der Waals surface area contributed by atoms with Crippen LogP contribution in [0.5, 0.6) is 11.5 Å². The van der Waals surface area contributed by atoms with Crippen LogP contribution in [-0.2, 0) is 12.2 Å². The van der Waals surface area contributed by atoms with Gasteiger partial charge in [-0.05, 0) is 36.2 Å². The molecule has 0 radical (unpaired) electrons. The molecule has 0 atom stereocenters. The quantitative estimate of drug-likeness (QED) is 0.322. The Kier molecular flexibility index (Phi) is 6.23. The molecule has 10 nitrogen and oxygen atoms in total. The van der Waals surface area contributed by atoms with Gasteiger partial charge >= 0.3 is 0 Å². The summed E-state index contributed by atoms with van der Waals surface area (Å²) in [5.74, 6) is 2.36. The number of nitrogens with one attached hydrogen (secondary N) is 1. The van der Waals surface area contributed by atoms with Crippen LogP contribution in [0, 0.1) is 0 Å². The maximum absolute atomic E-state index is 12.4. The molecule has 3 heterocycles. The Bertz CT molecular complexity index is 1540. The zero-order chi connectivity index (χ0) is 24.4. The molecular formula is C24H22N6O4S. The first-order valence-electron chi connectivity index (χ1n) is 10.8. The van der Waals surface area contributed by atoms with Crippen molar-refractivity contribution < 1.29 is 14.0 Å². The van der Waals surface area contributed by atoms with Gasteiger partial charge in [-0.2, -0.15) is 10.1 Å². The van der Waals surface area contributed by atoms with Gasteiger partial charge in [0.15, 0.2) is 11.5 Å². The number of aromatic amines is 1. The zero-order valence-electron chi connectivity index (χ0n) is 19.3. The molecule has 0 bridgehead atoms. The van der Waals surface area contributed by atoms with E-state index in [1.807, 2.05) is 18.2 Å². The molecule has 2 aromatic carbocycles. The van der Waals surface area contributed by atoms with E-state index in [0.29, 0.717) is 45.3 Å². The Labute approximate surface area is 204 Å². The van der Waals surface area contributed by atoms with E-state index in [1.54, 1.807) is 32.4 Å². The lowest BCUT2D eigenvalue weighted by molar-refractivity contribution is 0.355. The smallest absolute Gasteiger partial charge is 0.290 e. The molecular weight excluding hydrogens is 468 g/mol. The van der Waals surface area contributed by atoms with Crippen molar-refractivity contribution in [1.29, 1.82) is 0 Å². The fourth-order valence-corrected chi connectivity index (χ4v) is 4.31. The molecule has 0 aliphatic carbocycles. The molecule has 178 valence electrons. The number of benzene rings is 2. The highest BCUT2D eigenvalue weighted by Crippen LogP contribution is 2.31. The number of aryl methyl sites for hydroxylation is 1. The highest BCUT2D eigenvalue weighted by atomic mass is 32.2. The molecule has 1 N–H and O–H groups in total. The van der Waals surface area contributed by atoms with Crippen molar-refractivity contribution in [2.75, 3.05) is 14.2 Å². The number of fused-ring (bicyclic) bond motifs is 1. The lowest BCUT2D eigenvalue weighted by Gasteiger charge is -2.07. The molecule has 0 aliphatic heterocycles. The van der Waals surface area contributed by atoms with Crippen molar-refractivity contribution in [3.05, 3.63) is 70.3 Å². The molecule has 0 aliphatic rings. The van der Waals surface area contributed by atoms with Crippen LogP contribution in [0.1, 0.15) is 18.4 Å². The minimum atomic E-state index is -0.313. The predicted molar refractivity (Wildman–Crippen MR) is 131 cm³/mol. The zero-order valence-corrected chi connectivity index (χ0v) is 20.1. The molecule has 0 saturated heterocycles. The SMILES string of the molecule is CCc1ccc(-c2cc3c(=O)[nH]nc(SCc4nc(-c5ccc(OC)c(OC)c5)no4)n3n2)cc1. The molecule has 11 heteroatoms. The maximum Gasteiger partial charge on any atom is 0.290 e. The first-order chi connectivity index (χ1) is 17.1. The van der Waals surface area contributed by atoms with Gasteiger partial charge in [0.2, 0.25) is 16.9 Å². The Morgan fingerprint density at radius 3 is 2.54 bits per heavy atom. The Morgan fingerprint density at radius 2 is 1.80 bits per heavy atom. The molecule has 3 aromatic heterocycles. The third-order valence-corrected chi connectivity index (χ3v) is 6.38. The van der Waals surface area contributed by atoms with Crippen LogP contribution in [0.2, 0.25) is 0 Å². The molecule has 5 aromatic rings. The van der Waals surface area contributed by atoms with Gasteiger partial charge in [-0.1, -0.05) is 48.1 Å². The molecule has 0 unspecified atom stereocenters. The fraction of sp³-hybridized carbons (Fsp3) is 0.208.